The second-order valence-electron chi connectivity index (χ2n) is 9.72. The minimum Gasteiger partial charge on any atom is -0.375 e. The van der Waals surface area contributed by atoms with E-state index in [4.69, 9.17) is 10.5 Å². The summed E-state index contributed by atoms with van der Waals surface area (Å²) in [5.41, 5.74) is 7.33. The largest absolute Gasteiger partial charge is 0.375 e. The first-order valence-electron chi connectivity index (χ1n) is 12.2. The SMILES string of the molecule is COCC(=O)N1CCC(N(Cc2ccccc2)C2CC2)C[C@@H]1C(=O)NC1CCC(N)CC1. The van der Waals surface area contributed by atoms with Crippen molar-refractivity contribution in [3.8, 4) is 0 Å². The van der Waals surface area contributed by atoms with Crippen molar-refractivity contribution in [2.24, 2.45) is 5.73 Å². The van der Waals surface area contributed by atoms with Gasteiger partial charge in [0.25, 0.3) is 0 Å². The van der Waals surface area contributed by atoms with Crippen molar-refractivity contribution in [1.29, 1.82) is 0 Å². The van der Waals surface area contributed by atoms with Crippen LogP contribution in [0.4, 0.5) is 0 Å². The van der Waals surface area contributed by atoms with Gasteiger partial charge in [-0.25, -0.2) is 0 Å². The minimum atomic E-state index is -0.441. The predicted molar refractivity (Wildman–Crippen MR) is 124 cm³/mol. The Morgan fingerprint density at radius 1 is 1.06 bits per heavy atom. The molecule has 1 aromatic rings. The highest BCUT2D eigenvalue weighted by Crippen LogP contribution is 2.35. The lowest BCUT2D eigenvalue weighted by atomic mass is 9.90. The first-order valence-corrected chi connectivity index (χ1v) is 12.2. The van der Waals surface area contributed by atoms with E-state index in [-0.39, 0.29) is 30.5 Å². The number of benzene rings is 1. The van der Waals surface area contributed by atoms with E-state index in [1.54, 1.807) is 4.90 Å². The Bertz CT molecular complexity index is 762. The van der Waals surface area contributed by atoms with Crippen LogP contribution in [0, 0.1) is 0 Å². The van der Waals surface area contributed by atoms with E-state index in [0.717, 1.165) is 38.6 Å². The predicted octanol–water partition coefficient (Wildman–Crippen LogP) is 2.04. The average molecular weight is 443 g/mol. The molecule has 0 bridgehead atoms. The van der Waals surface area contributed by atoms with Crippen LogP contribution < -0.4 is 11.1 Å². The van der Waals surface area contributed by atoms with E-state index in [0.29, 0.717) is 25.0 Å². The second-order valence-corrected chi connectivity index (χ2v) is 9.72. The molecule has 1 unspecified atom stereocenters. The number of ether oxygens (including phenoxy) is 1. The molecule has 7 nitrogen and oxygen atoms in total. The van der Waals surface area contributed by atoms with Crippen LogP contribution in [0.15, 0.2) is 30.3 Å². The number of hydrogen-bond donors (Lipinski definition) is 2. The molecule has 1 heterocycles. The van der Waals surface area contributed by atoms with Gasteiger partial charge < -0.3 is 20.7 Å². The summed E-state index contributed by atoms with van der Waals surface area (Å²) in [4.78, 5) is 30.5. The molecule has 32 heavy (non-hydrogen) atoms. The van der Waals surface area contributed by atoms with Crippen LogP contribution in [0.1, 0.15) is 56.9 Å². The van der Waals surface area contributed by atoms with Crippen molar-refractivity contribution in [3.05, 3.63) is 35.9 Å². The van der Waals surface area contributed by atoms with Crippen molar-refractivity contribution in [3.63, 3.8) is 0 Å². The third kappa shape index (κ3) is 5.88. The van der Waals surface area contributed by atoms with Crippen molar-refractivity contribution in [2.45, 2.75) is 88.1 Å². The normalized spacial score (nSPS) is 28.5. The Morgan fingerprint density at radius 2 is 1.78 bits per heavy atom. The molecule has 2 atom stereocenters. The number of hydrogen-bond acceptors (Lipinski definition) is 5. The molecule has 2 saturated carbocycles. The lowest BCUT2D eigenvalue weighted by molar-refractivity contribution is -0.147. The molecule has 3 N–H and O–H groups in total. The lowest BCUT2D eigenvalue weighted by Crippen LogP contribution is -2.59. The highest BCUT2D eigenvalue weighted by Gasteiger charge is 2.42. The van der Waals surface area contributed by atoms with Gasteiger partial charge in [0.1, 0.15) is 12.6 Å². The van der Waals surface area contributed by atoms with E-state index < -0.39 is 6.04 Å². The van der Waals surface area contributed by atoms with Gasteiger partial charge in [-0.1, -0.05) is 30.3 Å². The lowest BCUT2D eigenvalue weighted by Gasteiger charge is -2.43. The van der Waals surface area contributed by atoms with Gasteiger partial charge in [0.05, 0.1) is 0 Å². The van der Waals surface area contributed by atoms with Crippen molar-refractivity contribution in [2.75, 3.05) is 20.3 Å². The first kappa shape index (κ1) is 23.2. The Hall–Kier alpha value is -1.96. The Balaban J connectivity index is 1.46. The molecule has 7 heteroatoms. The fourth-order valence-corrected chi connectivity index (χ4v) is 5.32. The molecule has 2 amide bonds. The second kappa shape index (κ2) is 10.8. The van der Waals surface area contributed by atoms with Gasteiger partial charge in [-0.2, -0.15) is 0 Å². The van der Waals surface area contributed by atoms with Crippen LogP contribution in [0.5, 0.6) is 0 Å². The van der Waals surface area contributed by atoms with Gasteiger partial charge in [-0.05, 0) is 56.9 Å². The molecule has 1 saturated heterocycles. The number of rotatable bonds is 8. The molecule has 3 aliphatic rings. The summed E-state index contributed by atoms with van der Waals surface area (Å²) >= 11 is 0. The zero-order chi connectivity index (χ0) is 22.5. The van der Waals surface area contributed by atoms with Crippen molar-refractivity contribution < 1.29 is 14.3 Å². The van der Waals surface area contributed by atoms with Gasteiger partial charge in [-0.3, -0.25) is 14.5 Å². The monoisotopic (exact) mass is 442 g/mol. The first-order chi connectivity index (χ1) is 15.5. The van der Waals surface area contributed by atoms with Gasteiger partial charge >= 0.3 is 0 Å². The summed E-state index contributed by atoms with van der Waals surface area (Å²) in [6.07, 6.45) is 7.71. The van der Waals surface area contributed by atoms with Crippen LogP contribution in [-0.4, -0.2) is 72.1 Å². The molecule has 176 valence electrons. The molecule has 0 radical (unpaired) electrons. The van der Waals surface area contributed by atoms with Crippen LogP contribution in [0.25, 0.3) is 0 Å². The van der Waals surface area contributed by atoms with E-state index in [1.165, 1.54) is 25.5 Å². The third-order valence-electron chi connectivity index (χ3n) is 7.28. The van der Waals surface area contributed by atoms with Crippen LogP contribution in [-0.2, 0) is 20.9 Å². The van der Waals surface area contributed by atoms with Gasteiger partial charge in [0, 0.05) is 44.4 Å². The molecule has 1 aliphatic heterocycles. The molecule has 4 rings (SSSR count). The van der Waals surface area contributed by atoms with Crippen molar-refractivity contribution in [1.82, 2.24) is 15.1 Å². The maximum atomic E-state index is 13.4. The zero-order valence-corrected chi connectivity index (χ0v) is 19.2. The molecular formula is C25H38N4O3. The fourth-order valence-electron chi connectivity index (χ4n) is 5.32. The molecule has 1 aromatic carbocycles. The summed E-state index contributed by atoms with van der Waals surface area (Å²) in [7, 11) is 1.53. The quantitative estimate of drug-likeness (QED) is 0.643. The standard InChI is InChI=1S/C25H38N4O3/c1-32-17-24(30)28-14-13-22(29(21-11-12-21)16-18-5-3-2-4-6-18)15-23(28)25(31)27-20-9-7-19(26)8-10-20/h2-6,19-23H,7-17,26H2,1H3,(H,27,31)/t19?,20?,22?,23-/m1/s1. The van der Waals surface area contributed by atoms with Gasteiger partial charge in [0.2, 0.25) is 11.8 Å². The summed E-state index contributed by atoms with van der Waals surface area (Å²) in [6.45, 7) is 1.51. The van der Waals surface area contributed by atoms with Crippen molar-refractivity contribution >= 4 is 11.8 Å². The Morgan fingerprint density at radius 3 is 2.44 bits per heavy atom. The van der Waals surface area contributed by atoms with Crippen LogP contribution in [0.2, 0.25) is 0 Å². The van der Waals surface area contributed by atoms with Crippen LogP contribution >= 0.6 is 0 Å². The third-order valence-corrected chi connectivity index (χ3v) is 7.28. The number of carbonyl (C=O) groups is 2. The number of methoxy groups -OCH3 is 1. The minimum absolute atomic E-state index is 0.0169. The molecule has 0 aromatic heterocycles. The van der Waals surface area contributed by atoms with E-state index in [1.807, 2.05) is 6.07 Å². The molecule has 3 fully saturated rings. The van der Waals surface area contributed by atoms with Gasteiger partial charge in [-0.15, -0.1) is 0 Å². The molecule has 0 spiro atoms. The summed E-state index contributed by atoms with van der Waals surface area (Å²) in [5.74, 6) is -0.118. The average Bonchev–Trinajstić information content (AvgIpc) is 3.65. The Kier molecular flexibility index (Phi) is 7.81. The van der Waals surface area contributed by atoms with E-state index >= 15 is 0 Å². The van der Waals surface area contributed by atoms with E-state index in [9.17, 15) is 9.59 Å². The number of nitrogens with one attached hydrogen (secondary N) is 1. The van der Waals surface area contributed by atoms with Gasteiger partial charge in [0.15, 0.2) is 0 Å². The smallest absolute Gasteiger partial charge is 0.249 e. The summed E-state index contributed by atoms with van der Waals surface area (Å²) in [5, 5.41) is 3.24. The Labute approximate surface area is 191 Å². The molecular weight excluding hydrogens is 404 g/mol. The zero-order valence-electron chi connectivity index (χ0n) is 19.2. The molecule has 2 aliphatic carbocycles. The number of carbonyl (C=O) groups excluding carboxylic acids is 2. The summed E-state index contributed by atoms with van der Waals surface area (Å²) < 4.78 is 5.10. The van der Waals surface area contributed by atoms with E-state index in [2.05, 4.69) is 34.5 Å². The fraction of sp³-hybridized carbons (Fsp3) is 0.680. The number of amides is 2. The summed E-state index contributed by atoms with van der Waals surface area (Å²) in [6, 6.07) is 11.4. The topological polar surface area (TPSA) is 87.9 Å². The van der Waals surface area contributed by atoms with Crippen LogP contribution in [0.3, 0.4) is 0 Å². The number of nitrogens with two attached hydrogens (primary N) is 1. The number of nitrogens with zero attached hydrogens (tertiary/aromatic N) is 2. The highest BCUT2D eigenvalue weighted by atomic mass is 16.5. The number of likely N-dealkylation sites (tertiary alicyclic amines) is 1. The number of piperidine rings is 1. The maximum absolute atomic E-state index is 13.4. The highest BCUT2D eigenvalue weighted by molar-refractivity contribution is 5.88. The maximum Gasteiger partial charge on any atom is 0.249 e.